The highest BCUT2D eigenvalue weighted by Gasteiger charge is 2.35. The molecule has 1 heterocycles. The molecule has 0 fully saturated rings. The van der Waals surface area contributed by atoms with Gasteiger partial charge in [-0.2, -0.15) is 10.3 Å². The molecule has 10 heteroatoms. The third-order valence-electron chi connectivity index (χ3n) is 3.77. The zero-order valence-electron chi connectivity index (χ0n) is 14.4. The first-order chi connectivity index (χ1) is 13.6. The number of rotatable bonds is 8. The number of aliphatic carboxylic acids is 1. The quantitative estimate of drug-likeness (QED) is 0.388. The molecule has 142 valence electrons. The zero-order chi connectivity index (χ0) is 19.9. The van der Waals surface area contributed by atoms with Crippen LogP contribution in [0.2, 0.25) is 0 Å². The molecule has 2 aromatic carbocycles. The largest absolute Gasteiger partial charge is 0.508 e. The Hall–Kier alpha value is -4.01. The Morgan fingerprint density at radius 1 is 1.18 bits per heavy atom. The van der Waals surface area contributed by atoms with Crippen molar-refractivity contribution in [1.82, 2.24) is 20.6 Å². The summed E-state index contributed by atoms with van der Waals surface area (Å²) in [6.07, 6.45) is 0. The van der Waals surface area contributed by atoms with Crippen molar-refractivity contribution in [2.45, 2.75) is 12.6 Å². The molecule has 0 aliphatic carbocycles. The molecular weight excluding hydrogens is 366 g/mol. The average Bonchev–Trinajstić information content (AvgIpc) is 3.23. The number of aromatic nitrogens is 4. The number of carbonyl (C=O) groups is 1. The van der Waals surface area contributed by atoms with E-state index in [1.54, 1.807) is 30.2 Å². The van der Waals surface area contributed by atoms with Crippen molar-refractivity contribution in [2.24, 2.45) is 0 Å². The maximum atomic E-state index is 12.0. The van der Waals surface area contributed by atoms with Crippen LogP contribution in [0.15, 0.2) is 54.6 Å². The van der Waals surface area contributed by atoms with Gasteiger partial charge in [-0.25, -0.2) is 9.59 Å². The summed E-state index contributed by atoms with van der Waals surface area (Å²) in [4.78, 5) is 29.3. The van der Waals surface area contributed by atoms with Crippen molar-refractivity contribution in [3.8, 4) is 5.75 Å². The normalized spacial score (nSPS) is 11.4. The van der Waals surface area contributed by atoms with E-state index in [1.165, 1.54) is 24.3 Å². The van der Waals surface area contributed by atoms with Gasteiger partial charge in [0.05, 0.1) is 5.57 Å². The summed E-state index contributed by atoms with van der Waals surface area (Å²) in [6, 6.07) is 12.9. The first kappa shape index (κ1) is 18.8. The van der Waals surface area contributed by atoms with Crippen LogP contribution in [0.5, 0.6) is 5.75 Å². The molecule has 0 bridgehead atoms. The molecule has 3 N–H and O–H groups in total. The maximum Gasteiger partial charge on any atom is 0.334 e. The van der Waals surface area contributed by atoms with Gasteiger partial charge < -0.3 is 10.2 Å². The number of nitrogens with one attached hydrogen (secondary N) is 1. The van der Waals surface area contributed by atoms with Gasteiger partial charge in [-0.1, -0.05) is 47.6 Å². The Labute approximate surface area is 158 Å². The lowest BCUT2D eigenvalue weighted by atomic mass is 9.99. The second kappa shape index (κ2) is 8.58. The van der Waals surface area contributed by atoms with Crippen molar-refractivity contribution in [3.63, 3.8) is 0 Å². The van der Waals surface area contributed by atoms with Gasteiger partial charge in [-0.15, -0.1) is 5.10 Å². The Morgan fingerprint density at radius 3 is 2.46 bits per heavy atom. The number of H-pyrrole nitrogens is 1. The fourth-order valence-corrected chi connectivity index (χ4v) is 2.47. The molecule has 0 aliphatic rings. The molecule has 3 aromatic rings. The Morgan fingerprint density at radius 2 is 1.89 bits per heavy atom. The summed E-state index contributed by atoms with van der Waals surface area (Å²) in [7, 11) is 0. The molecule has 0 spiro atoms. The Balaban J connectivity index is 1.97. The number of aromatic hydroxyl groups is 1. The number of hydroxylamine groups is 1. The van der Waals surface area contributed by atoms with E-state index in [1.807, 2.05) is 6.07 Å². The summed E-state index contributed by atoms with van der Waals surface area (Å²) in [6.45, 7) is 0.000868. The van der Waals surface area contributed by atoms with Crippen molar-refractivity contribution < 1.29 is 24.6 Å². The summed E-state index contributed by atoms with van der Waals surface area (Å²) >= 11 is 0. The minimum Gasteiger partial charge on any atom is -0.508 e. The number of carboxylic acid groups (broad SMARTS) is 1. The number of carboxylic acids is 1. The summed E-state index contributed by atoms with van der Waals surface area (Å²) in [5.41, 5.74) is 0.781. The van der Waals surface area contributed by atoms with Crippen LogP contribution in [0.1, 0.15) is 11.1 Å². The predicted octanol–water partition coefficient (Wildman–Crippen LogP) is 1.21. The molecule has 0 unspecified atom stereocenters. The van der Waals surface area contributed by atoms with Crippen molar-refractivity contribution in [1.29, 1.82) is 0 Å². The number of nitrogens with zero attached hydrogens (tertiary/aromatic N) is 4. The number of benzene rings is 2. The van der Waals surface area contributed by atoms with Gasteiger partial charge in [0, 0.05) is 0 Å². The monoisotopic (exact) mass is 381 g/mol. The molecule has 1 atom stereocenters. The van der Waals surface area contributed by atoms with Crippen LogP contribution in [0.4, 0.5) is 5.95 Å². The number of carbonyl (C=O) groups excluding carboxylic acids is 1. The molecular formula is C18H15N5O5. The number of hydrogen-bond acceptors (Lipinski definition) is 8. The van der Waals surface area contributed by atoms with Gasteiger partial charge in [0.1, 0.15) is 18.3 Å². The van der Waals surface area contributed by atoms with E-state index in [9.17, 15) is 19.8 Å². The second-order valence-corrected chi connectivity index (χ2v) is 5.60. The third kappa shape index (κ3) is 4.21. The number of phenols is 1. The smallest absolute Gasteiger partial charge is 0.334 e. The molecule has 1 aromatic heterocycles. The van der Waals surface area contributed by atoms with Crippen LogP contribution in [0.3, 0.4) is 0 Å². The van der Waals surface area contributed by atoms with E-state index in [-0.39, 0.29) is 29.4 Å². The number of hydrogen-bond donors (Lipinski definition) is 3. The van der Waals surface area contributed by atoms with Crippen LogP contribution in [0, 0.1) is 0 Å². The van der Waals surface area contributed by atoms with Gasteiger partial charge in [0.15, 0.2) is 6.04 Å². The van der Waals surface area contributed by atoms with Crippen molar-refractivity contribution >= 4 is 23.4 Å². The van der Waals surface area contributed by atoms with Crippen LogP contribution in [-0.4, -0.2) is 48.8 Å². The van der Waals surface area contributed by atoms with Crippen LogP contribution < -0.4 is 5.06 Å². The third-order valence-corrected chi connectivity index (χ3v) is 3.77. The van der Waals surface area contributed by atoms with Gasteiger partial charge in [0.2, 0.25) is 0 Å². The van der Waals surface area contributed by atoms with Crippen molar-refractivity contribution in [2.75, 3.05) is 5.06 Å². The molecule has 3 rings (SSSR count). The van der Waals surface area contributed by atoms with E-state index in [0.717, 1.165) is 10.6 Å². The second-order valence-electron chi connectivity index (χ2n) is 5.60. The van der Waals surface area contributed by atoms with E-state index < -0.39 is 12.0 Å². The zero-order valence-corrected chi connectivity index (χ0v) is 14.4. The van der Waals surface area contributed by atoms with Crippen LogP contribution in [-0.2, 0) is 21.0 Å². The van der Waals surface area contributed by atoms with Gasteiger partial charge in [-0.3, -0.25) is 4.84 Å². The van der Waals surface area contributed by atoms with Crippen LogP contribution >= 0.6 is 0 Å². The molecule has 10 nitrogen and oxygen atoms in total. The minimum absolute atomic E-state index is 0.000868. The van der Waals surface area contributed by atoms with Gasteiger partial charge >= 0.3 is 5.97 Å². The molecule has 0 radical (unpaired) electrons. The van der Waals surface area contributed by atoms with Gasteiger partial charge in [0.25, 0.3) is 5.95 Å². The summed E-state index contributed by atoms with van der Waals surface area (Å²) in [5.74, 6) is 0.0686. The number of anilines is 1. The first-order valence-electron chi connectivity index (χ1n) is 8.07. The minimum atomic E-state index is -1.61. The SMILES string of the molecule is O=C=C(c1ccc(O)cc1)[C@@H](C(=O)O)N(OCc1ccccc1)c1nn[nH]n1. The number of tetrazole rings is 1. The molecule has 0 saturated carbocycles. The molecule has 0 aliphatic heterocycles. The Kier molecular flexibility index (Phi) is 5.75. The molecule has 28 heavy (non-hydrogen) atoms. The maximum absolute atomic E-state index is 12.0. The summed E-state index contributed by atoms with van der Waals surface area (Å²) < 4.78 is 0. The van der Waals surface area contributed by atoms with Crippen LogP contribution in [0.25, 0.3) is 5.57 Å². The van der Waals surface area contributed by atoms with Crippen molar-refractivity contribution in [3.05, 3.63) is 65.7 Å². The van der Waals surface area contributed by atoms with E-state index in [4.69, 9.17) is 4.84 Å². The standard InChI is InChI=1S/C18H15N5O5/c24-10-15(13-6-8-14(25)9-7-13)16(17(26)27)23(18-19-21-22-20-18)28-11-12-4-2-1-3-5-12/h1-9,16,25H,11H2,(H,26,27)(H,19,20,21,22)/t16-/m0/s1. The number of aromatic amines is 1. The fourth-order valence-electron chi connectivity index (χ4n) is 2.47. The molecule has 0 amide bonds. The topological polar surface area (TPSA) is 142 Å². The Bertz CT molecular complexity index is 969. The lowest BCUT2D eigenvalue weighted by molar-refractivity contribution is -0.139. The lowest BCUT2D eigenvalue weighted by Gasteiger charge is -2.26. The summed E-state index contributed by atoms with van der Waals surface area (Å²) in [5, 5.41) is 33.3. The van der Waals surface area contributed by atoms with E-state index in [2.05, 4.69) is 20.6 Å². The van der Waals surface area contributed by atoms with Gasteiger partial charge in [-0.05, 0) is 28.5 Å². The number of phenolic OH excluding ortho intramolecular Hbond substituents is 1. The van der Waals surface area contributed by atoms with E-state index in [0.29, 0.717) is 0 Å². The molecule has 0 saturated heterocycles. The fraction of sp³-hybridized carbons (Fsp3) is 0.111. The first-order valence-corrected chi connectivity index (χ1v) is 8.07. The highest BCUT2D eigenvalue weighted by molar-refractivity contribution is 6.03. The van der Waals surface area contributed by atoms with E-state index >= 15 is 0 Å². The highest BCUT2D eigenvalue weighted by atomic mass is 16.7. The predicted molar refractivity (Wildman–Crippen MR) is 96.5 cm³/mol. The lowest BCUT2D eigenvalue weighted by Crippen LogP contribution is -2.43. The highest BCUT2D eigenvalue weighted by Crippen LogP contribution is 2.25. The average molecular weight is 381 g/mol.